The van der Waals surface area contributed by atoms with Gasteiger partial charge in [-0.1, -0.05) is 6.07 Å². The molecule has 2 aromatic rings. The maximum atomic E-state index is 13.4. The van der Waals surface area contributed by atoms with Gasteiger partial charge >= 0.3 is 0 Å². The van der Waals surface area contributed by atoms with Crippen molar-refractivity contribution in [2.75, 3.05) is 0 Å². The minimum absolute atomic E-state index is 0.154. The summed E-state index contributed by atoms with van der Waals surface area (Å²) in [6, 6.07) is 4.98. The van der Waals surface area contributed by atoms with E-state index in [1.54, 1.807) is 12.1 Å². The number of aromatic nitrogens is 2. The van der Waals surface area contributed by atoms with Gasteiger partial charge in [-0.2, -0.15) is 5.10 Å². The van der Waals surface area contributed by atoms with Crippen LogP contribution in [0.5, 0.6) is 0 Å². The SMILES string of the molecule is Cc1nn(C)c(C)c1C(C)NCc1ccc(F)c(CO)c1. The fourth-order valence-corrected chi connectivity index (χ4v) is 2.65. The zero-order valence-corrected chi connectivity index (χ0v) is 12.9. The van der Waals surface area contributed by atoms with Crippen molar-refractivity contribution < 1.29 is 9.50 Å². The van der Waals surface area contributed by atoms with Crippen LogP contribution in [0.2, 0.25) is 0 Å². The number of rotatable bonds is 5. The summed E-state index contributed by atoms with van der Waals surface area (Å²) >= 11 is 0. The molecule has 0 saturated heterocycles. The van der Waals surface area contributed by atoms with Gasteiger partial charge in [0.1, 0.15) is 5.82 Å². The summed E-state index contributed by atoms with van der Waals surface area (Å²) in [4.78, 5) is 0. The molecule has 0 amide bonds. The Kier molecular flexibility index (Phi) is 4.75. The molecule has 21 heavy (non-hydrogen) atoms. The number of nitrogens with one attached hydrogen (secondary N) is 1. The average Bonchev–Trinajstić information content (AvgIpc) is 2.71. The average molecular weight is 291 g/mol. The smallest absolute Gasteiger partial charge is 0.128 e. The highest BCUT2D eigenvalue weighted by atomic mass is 19.1. The van der Waals surface area contributed by atoms with Crippen LogP contribution in [0.3, 0.4) is 0 Å². The molecule has 0 aliphatic rings. The first-order chi connectivity index (χ1) is 9.93. The summed E-state index contributed by atoms with van der Waals surface area (Å²) < 4.78 is 15.2. The molecule has 0 aliphatic carbocycles. The van der Waals surface area contributed by atoms with E-state index in [1.165, 1.54) is 11.6 Å². The Bertz CT molecular complexity index is 637. The van der Waals surface area contributed by atoms with E-state index in [0.29, 0.717) is 12.1 Å². The van der Waals surface area contributed by atoms with Crippen molar-refractivity contribution in [1.29, 1.82) is 0 Å². The number of aliphatic hydroxyl groups is 1. The molecule has 1 unspecified atom stereocenters. The van der Waals surface area contributed by atoms with Gasteiger partial charge in [-0.05, 0) is 38.5 Å². The lowest BCUT2D eigenvalue weighted by Crippen LogP contribution is -2.19. The zero-order valence-electron chi connectivity index (χ0n) is 12.9. The third-order valence-corrected chi connectivity index (χ3v) is 3.89. The first kappa shape index (κ1) is 15.7. The predicted molar refractivity (Wildman–Crippen MR) is 80.3 cm³/mol. The first-order valence-corrected chi connectivity index (χ1v) is 7.05. The summed E-state index contributed by atoms with van der Waals surface area (Å²) in [7, 11) is 1.94. The Labute approximate surface area is 124 Å². The summed E-state index contributed by atoms with van der Waals surface area (Å²) in [5.74, 6) is -0.367. The van der Waals surface area contributed by atoms with Crippen molar-refractivity contribution in [2.24, 2.45) is 7.05 Å². The second-order valence-corrected chi connectivity index (χ2v) is 5.39. The predicted octanol–water partition coefficient (Wildman–Crippen LogP) is 2.52. The molecule has 1 aromatic carbocycles. The molecule has 4 nitrogen and oxygen atoms in total. The van der Waals surface area contributed by atoms with Gasteiger partial charge in [-0.3, -0.25) is 4.68 Å². The summed E-state index contributed by atoms with van der Waals surface area (Å²) in [6.07, 6.45) is 0. The number of benzene rings is 1. The van der Waals surface area contributed by atoms with E-state index >= 15 is 0 Å². The van der Waals surface area contributed by atoms with Crippen LogP contribution in [0, 0.1) is 19.7 Å². The third kappa shape index (κ3) is 3.31. The lowest BCUT2D eigenvalue weighted by atomic mass is 10.1. The number of hydrogen-bond acceptors (Lipinski definition) is 3. The monoisotopic (exact) mass is 291 g/mol. The zero-order chi connectivity index (χ0) is 15.6. The fraction of sp³-hybridized carbons (Fsp3) is 0.438. The number of hydrogen-bond donors (Lipinski definition) is 2. The fourth-order valence-electron chi connectivity index (χ4n) is 2.65. The van der Waals surface area contributed by atoms with Crippen LogP contribution >= 0.6 is 0 Å². The summed E-state index contributed by atoms with van der Waals surface area (Å²) in [6.45, 7) is 6.48. The topological polar surface area (TPSA) is 50.1 Å². The largest absolute Gasteiger partial charge is 0.392 e. The molecule has 0 fully saturated rings. The maximum Gasteiger partial charge on any atom is 0.128 e. The molecule has 2 rings (SSSR count). The first-order valence-electron chi connectivity index (χ1n) is 7.05. The van der Waals surface area contributed by atoms with Crippen LogP contribution in [0.25, 0.3) is 0 Å². The number of aliphatic hydroxyl groups excluding tert-OH is 1. The Morgan fingerprint density at radius 1 is 1.38 bits per heavy atom. The number of nitrogens with zero attached hydrogens (tertiary/aromatic N) is 2. The molecule has 1 heterocycles. The Balaban J connectivity index is 2.09. The van der Waals surface area contributed by atoms with Crippen LogP contribution in [0.1, 0.15) is 41.0 Å². The molecule has 0 saturated carbocycles. The highest BCUT2D eigenvalue weighted by molar-refractivity contribution is 5.28. The molecular formula is C16H22FN3O. The van der Waals surface area contributed by atoms with Crippen molar-refractivity contribution in [3.05, 3.63) is 52.1 Å². The molecule has 0 spiro atoms. The number of halogens is 1. The lowest BCUT2D eigenvalue weighted by Gasteiger charge is -2.15. The molecule has 2 N–H and O–H groups in total. The Morgan fingerprint density at radius 2 is 2.10 bits per heavy atom. The number of aryl methyl sites for hydroxylation is 2. The summed E-state index contributed by atoms with van der Waals surface area (Å²) in [5, 5.41) is 16.9. The van der Waals surface area contributed by atoms with Crippen molar-refractivity contribution in [2.45, 2.75) is 40.0 Å². The minimum Gasteiger partial charge on any atom is -0.392 e. The molecule has 0 bridgehead atoms. The van der Waals surface area contributed by atoms with Crippen LogP contribution in [-0.4, -0.2) is 14.9 Å². The standard InChI is InChI=1S/C16H22FN3O/c1-10(16-11(2)19-20(4)12(16)3)18-8-13-5-6-15(17)14(7-13)9-21/h5-7,10,18,21H,8-9H2,1-4H3. The van der Waals surface area contributed by atoms with Gasteiger partial charge < -0.3 is 10.4 Å². The normalized spacial score (nSPS) is 12.7. The van der Waals surface area contributed by atoms with Crippen LogP contribution in [0.15, 0.2) is 18.2 Å². The van der Waals surface area contributed by atoms with Crippen LogP contribution in [0.4, 0.5) is 4.39 Å². The molecule has 0 radical (unpaired) electrons. The molecule has 1 atom stereocenters. The Morgan fingerprint density at radius 3 is 2.67 bits per heavy atom. The summed E-state index contributed by atoms with van der Waals surface area (Å²) in [5.41, 5.74) is 4.64. The van der Waals surface area contributed by atoms with Crippen molar-refractivity contribution in [3.8, 4) is 0 Å². The van der Waals surface area contributed by atoms with Gasteiger partial charge in [0.05, 0.1) is 12.3 Å². The maximum absolute atomic E-state index is 13.4. The quantitative estimate of drug-likeness (QED) is 0.890. The van der Waals surface area contributed by atoms with Gasteiger partial charge in [0.2, 0.25) is 0 Å². The molecular weight excluding hydrogens is 269 g/mol. The Hall–Kier alpha value is -1.72. The van der Waals surface area contributed by atoms with Gasteiger partial charge in [0.25, 0.3) is 0 Å². The molecule has 114 valence electrons. The molecule has 0 aliphatic heterocycles. The molecule has 1 aromatic heterocycles. The van der Waals surface area contributed by atoms with Crippen molar-refractivity contribution in [1.82, 2.24) is 15.1 Å². The van der Waals surface area contributed by atoms with Gasteiger partial charge in [-0.15, -0.1) is 0 Å². The lowest BCUT2D eigenvalue weighted by molar-refractivity contribution is 0.275. The van der Waals surface area contributed by atoms with E-state index in [2.05, 4.69) is 24.3 Å². The van der Waals surface area contributed by atoms with E-state index < -0.39 is 0 Å². The third-order valence-electron chi connectivity index (χ3n) is 3.89. The van der Waals surface area contributed by atoms with E-state index in [-0.39, 0.29) is 18.5 Å². The van der Waals surface area contributed by atoms with Crippen molar-refractivity contribution in [3.63, 3.8) is 0 Å². The van der Waals surface area contributed by atoms with Crippen molar-refractivity contribution >= 4 is 0 Å². The van der Waals surface area contributed by atoms with Gasteiger partial charge in [0.15, 0.2) is 0 Å². The highest BCUT2D eigenvalue weighted by Crippen LogP contribution is 2.21. The highest BCUT2D eigenvalue weighted by Gasteiger charge is 2.15. The second kappa shape index (κ2) is 6.37. The second-order valence-electron chi connectivity index (χ2n) is 5.39. The van der Waals surface area contributed by atoms with Crippen LogP contribution < -0.4 is 5.32 Å². The van der Waals surface area contributed by atoms with E-state index in [0.717, 1.165) is 17.0 Å². The van der Waals surface area contributed by atoms with E-state index in [1.807, 2.05) is 18.7 Å². The van der Waals surface area contributed by atoms with Gasteiger partial charge in [0, 0.05) is 36.5 Å². The van der Waals surface area contributed by atoms with Gasteiger partial charge in [-0.25, -0.2) is 4.39 Å². The van der Waals surface area contributed by atoms with Crippen LogP contribution in [-0.2, 0) is 20.2 Å². The van der Waals surface area contributed by atoms with E-state index in [4.69, 9.17) is 5.11 Å². The van der Waals surface area contributed by atoms with E-state index in [9.17, 15) is 4.39 Å². The minimum atomic E-state index is -0.367. The molecule has 5 heteroatoms.